The molecule has 2 aliphatic heterocycles. The van der Waals surface area contributed by atoms with E-state index in [0.717, 1.165) is 5.56 Å². The van der Waals surface area contributed by atoms with E-state index >= 15 is 0 Å². The monoisotopic (exact) mass is 790 g/mol. The molecule has 2 aliphatic rings. The van der Waals surface area contributed by atoms with Crippen LogP contribution in [0.2, 0.25) is 20.1 Å². The number of amides is 2. The maximum atomic E-state index is 12.3. The number of halogens is 8. The predicted octanol–water partition coefficient (Wildman–Crippen LogP) is 8.48. The van der Waals surface area contributed by atoms with Crippen LogP contribution in [0.1, 0.15) is 66.9 Å². The van der Waals surface area contributed by atoms with Crippen LogP contribution in [0.5, 0.6) is 0 Å². The molecule has 1 saturated heterocycles. The summed E-state index contributed by atoms with van der Waals surface area (Å²) in [5, 5.41) is 10.4. The third-order valence-electron chi connectivity index (χ3n) is 5.94. The van der Waals surface area contributed by atoms with Crippen LogP contribution in [-0.4, -0.2) is 73.7 Å². The molecule has 2 amide bonds. The van der Waals surface area contributed by atoms with E-state index in [1.54, 1.807) is 29.0 Å². The summed E-state index contributed by atoms with van der Waals surface area (Å²) in [5.41, 5.74) is 0.440. The average Bonchev–Trinajstić information content (AvgIpc) is 3.61. The first-order valence-electron chi connectivity index (χ1n) is 14.5. The Hall–Kier alpha value is -2.96. The van der Waals surface area contributed by atoms with Crippen LogP contribution >= 0.6 is 46.4 Å². The van der Waals surface area contributed by atoms with Crippen molar-refractivity contribution >= 4 is 71.8 Å². The van der Waals surface area contributed by atoms with E-state index in [4.69, 9.17) is 66.0 Å². The highest BCUT2D eigenvalue weighted by atomic mass is 35.5. The third-order valence-corrected chi connectivity index (χ3v) is 6.81. The van der Waals surface area contributed by atoms with Gasteiger partial charge in [0, 0.05) is 49.1 Å². The van der Waals surface area contributed by atoms with Gasteiger partial charge in [-0.2, -0.15) is 0 Å². The minimum atomic E-state index is -3.67. The van der Waals surface area contributed by atoms with Gasteiger partial charge in [0.25, 0.3) is 0 Å². The Morgan fingerprint density at radius 1 is 0.820 bits per heavy atom. The lowest BCUT2D eigenvalue weighted by Gasteiger charge is -2.27. The van der Waals surface area contributed by atoms with Crippen molar-refractivity contribution in [2.45, 2.75) is 78.7 Å². The number of rotatable bonds is 2. The van der Waals surface area contributed by atoms with Crippen molar-refractivity contribution in [1.82, 2.24) is 9.80 Å². The van der Waals surface area contributed by atoms with Gasteiger partial charge in [-0.05, 0) is 71.4 Å². The smallest absolute Gasteiger partial charge is 0.762 e. The number of hydrogen-bond donors (Lipinski definition) is 0. The van der Waals surface area contributed by atoms with Crippen LogP contribution in [-0.2, 0) is 14.2 Å². The van der Waals surface area contributed by atoms with Gasteiger partial charge < -0.3 is 23.8 Å². The highest BCUT2D eigenvalue weighted by Gasteiger charge is 2.38. The van der Waals surface area contributed by atoms with E-state index in [1.165, 1.54) is 12.1 Å². The summed E-state index contributed by atoms with van der Waals surface area (Å²) < 4.78 is 45.0. The molecule has 2 aromatic carbocycles. The number of carbonyl (C=O) groups excluding carboxylic acids is 2. The lowest BCUT2D eigenvalue weighted by atomic mass is 9.98. The number of hydrogen-bond acceptors (Lipinski definition) is 6. The van der Waals surface area contributed by atoms with E-state index in [1.807, 2.05) is 65.8 Å². The fraction of sp³-hybridized carbons (Fsp3) is 0.500. The van der Waals surface area contributed by atoms with Gasteiger partial charge in [0.15, 0.2) is 4.98 Å². The van der Waals surface area contributed by atoms with Gasteiger partial charge in [-0.25, -0.2) is 9.59 Å². The highest BCUT2D eigenvalue weighted by molar-refractivity contribution is 6.35. The SMILES string of the molecule is C.CC(C)(C)OC(=O)N1CC=CC1.COC1CC(c2cc(Cl)cc(Cl)c2)CN1C(=O)OC(C)(C)C.FB(F)F.N#[N+]c1cc(Cl)cc(Cl)c1.[F-]. The molecule has 0 radical (unpaired) electrons. The molecule has 2 unspecified atom stereocenters. The Labute approximate surface area is 312 Å². The maximum absolute atomic E-state index is 12.3. The summed E-state index contributed by atoms with van der Waals surface area (Å²) in [4.78, 5) is 29.8. The Bertz CT molecular complexity index is 1390. The standard InChI is InChI=1S/C16H21Cl2NO3.C9H15NO2.C6H3Cl2N2.CH4.BF3.FH/c1-16(2,3)22-15(20)19-9-11(7-14(19)21-4)10-5-12(17)8-13(18)6-10;1-9(2,3)12-8(11)10-6-4-5-7-10;7-4-1-5(8)3-6(2-4)10-9;;2-1(3)4;/h5-6,8,11,14H,7,9H2,1-4H3;4-5H,6-7H2,1-3H3;1-3H;1H4;;1H/q;;+1;;;/p-1. The third kappa shape index (κ3) is 20.0. The number of carbonyl (C=O) groups is 2. The van der Waals surface area contributed by atoms with Crippen LogP contribution in [0.4, 0.5) is 28.2 Å². The molecule has 18 heteroatoms. The second kappa shape index (κ2) is 22.8. The van der Waals surface area contributed by atoms with Crippen LogP contribution < -0.4 is 4.70 Å². The molecule has 9 nitrogen and oxygen atoms in total. The molecule has 280 valence electrons. The fourth-order valence-electron chi connectivity index (χ4n) is 4.14. The van der Waals surface area contributed by atoms with Crippen molar-refractivity contribution in [2.24, 2.45) is 0 Å². The van der Waals surface area contributed by atoms with Gasteiger partial charge in [-0.3, -0.25) is 17.8 Å². The number of methoxy groups -OCH3 is 1. The summed E-state index contributed by atoms with van der Waals surface area (Å²) in [5.74, 6) is 0.119. The van der Waals surface area contributed by atoms with E-state index in [2.05, 4.69) is 4.98 Å². The zero-order chi connectivity index (χ0) is 36.8. The number of ether oxygens (including phenoxy) is 3. The molecule has 2 heterocycles. The van der Waals surface area contributed by atoms with Gasteiger partial charge in [0.2, 0.25) is 5.39 Å². The number of diazo groups is 1. The van der Waals surface area contributed by atoms with Gasteiger partial charge in [-0.1, -0.05) is 66.0 Å². The molecule has 4 rings (SSSR count). The Kier molecular flexibility index (Phi) is 22.4. The van der Waals surface area contributed by atoms with E-state index in [9.17, 15) is 22.5 Å². The largest absolute Gasteiger partial charge is 1.00 e. The van der Waals surface area contributed by atoms with Gasteiger partial charge in [0.05, 0.1) is 22.2 Å². The van der Waals surface area contributed by atoms with Crippen molar-refractivity contribution in [3.8, 4) is 0 Å². The Balaban J connectivity index is 0. The number of benzene rings is 2. The molecule has 0 bridgehead atoms. The van der Waals surface area contributed by atoms with Crippen LogP contribution in [0.3, 0.4) is 0 Å². The molecule has 2 aromatic rings. The second-order valence-corrected chi connectivity index (χ2v) is 14.0. The lowest BCUT2D eigenvalue weighted by molar-refractivity contribution is -0.0306. The zero-order valence-corrected chi connectivity index (χ0v) is 31.1. The van der Waals surface area contributed by atoms with E-state index < -0.39 is 13.1 Å². The summed E-state index contributed by atoms with van der Waals surface area (Å²) >= 11 is 23.3. The first kappa shape index (κ1) is 49.2. The van der Waals surface area contributed by atoms with Crippen molar-refractivity contribution in [1.29, 1.82) is 5.39 Å². The molecule has 50 heavy (non-hydrogen) atoms. The van der Waals surface area contributed by atoms with Crippen LogP contribution in [0, 0.1) is 5.39 Å². The second-order valence-electron chi connectivity index (χ2n) is 12.3. The molecule has 1 fully saturated rings. The molecule has 0 aliphatic carbocycles. The Morgan fingerprint density at radius 3 is 1.60 bits per heavy atom. The number of likely N-dealkylation sites (tertiary alicyclic amines) is 1. The minimum Gasteiger partial charge on any atom is -1.00 e. The lowest BCUT2D eigenvalue weighted by Crippen LogP contribution is -3.00. The van der Waals surface area contributed by atoms with Gasteiger partial charge in [-0.15, -0.1) is 0 Å². The fourth-order valence-corrected chi connectivity index (χ4v) is 5.20. The molecule has 0 saturated carbocycles. The normalized spacial score (nSPS) is 16.0. The van der Waals surface area contributed by atoms with Gasteiger partial charge in [0.1, 0.15) is 17.4 Å². The minimum absolute atomic E-state index is 0. The quantitative estimate of drug-likeness (QED) is 0.131. The maximum Gasteiger partial charge on any atom is 0.762 e. The molecule has 0 N–H and O–H groups in total. The summed E-state index contributed by atoms with van der Waals surface area (Å²) in [6, 6.07) is 10.0. The van der Waals surface area contributed by atoms with Crippen molar-refractivity contribution in [3.05, 3.63) is 79.2 Å². The summed E-state index contributed by atoms with van der Waals surface area (Å²) in [6.07, 6.45) is 3.71. The summed E-state index contributed by atoms with van der Waals surface area (Å²) in [7, 11) is -2.07. The van der Waals surface area contributed by atoms with Crippen molar-refractivity contribution < 1.29 is 41.5 Å². The van der Waals surface area contributed by atoms with Crippen LogP contribution in [0.25, 0.3) is 4.98 Å². The predicted molar refractivity (Wildman–Crippen MR) is 192 cm³/mol. The molecular weight excluding hydrogens is 749 g/mol. The molecule has 0 spiro atoms. The van der Waals surface area contributed by atoms with Crippen molar-refractivity contribution in [3.63, 3.8) is 0 Å². The first-order valence-corrected chi connectivity index (χ1v) is 16.0. The molecular formula is C32H43BCl4F4N4O5. The first-order chi connectivity index (χ1) is 22.1. The Morgan fingerprint density at radius 2 is 1.22 bits per heavy atom. The highest BCUT2D eigenvalue weighted by Crippen LogP contribution is 2.35. The van der Waals surface area contributed by atoms with Crippen LogP contribution in [0.15, 0.2) is 48.6 Å². The van der Waals surface area contributed by atoms with Gasteiger partial charge >= 0.3 is 25.4 Å². The van der Waals surface area contributed by atoms with E-state index in [-0.39, 0.29) is 42.1 Å². The molecule has 2 atom stereocenters. The zero-order valence-electron chi connectivity index (χ0n) is 28.0. The summed E-state index contributed by atoms with van der Waals surface area (Å²) in [6.45, 7) is 13.0. The van der Waals surface area contributed by atoms with Crippen molar-refractivity contribution in [2.75, 3.05) is 26.7 Å². The van der Waals surface area contributed by atoms with E-state index in [0.29, 0.717) is 51.8 Å². The molecule has 0 aromatic heterocycles. The average molecular weight is 792 g/mol. The topological polar surface area (TPSA) is 96.5 Å². The number of nitrogens with zero attached hydrogens (tertiary/aromatic N) is 4.